The van der Waals surface area contributed by atoms with Gasteiger partial charge in [0.15, 0.2) is 10.6 Å². The predicted octanol–water partition coefficient (Wildman–Crippen LogP) is 4.58. The summed E-state index contributed by atoms with van der Waals surface area (Å²) in [6, 6.07) is 8.68. The van der Waals surface area contributed by atoms with E-state index < -0.39 is 32.5 Å². The van der Waals surface area contributed by atoms with Gasteiger partial charge in [0, 0.05) is 5.02 Å². The molecule has 0 atom stereocenters. The zero-order valence-electron chi connectivity index (χ0n) is 17.3. The number of carbonyl (C=O) groups excluding carboxylic acids is 1. The molecule has 1 heterocycles. The van der Waals surface area contributed by atoms with E-state index in [4.69, 9.17) is 16.3 Å². The lowest BCUT2D eigenvalue weighted by Gasteiger charge is -2.54. The van der Waals surface area contributed by atoms with Crippen molar-refractivity contribution in [1.82, 2.24) is 9.71 Å². The minimum atomic E-state index is -4.35. The normalized spacial score (nSPS) is 18.2. The second-order valence-corrected chi connectivity index (χ2v) is 11.1. The van der Waals surface area contributed by atoms with Gasteiger partial charge in [0.05, 0.1) is 0 Å². The van der Waals surface area contributed by atoms with Crippen molar-refractivity contribution in [2.45, 2.75) is 62.5 Å². The van der Waals surface area contributed by atoms with E-state index >= 15 is 0 Å². The molecule has 31 heavy (non-hydrogen) atoms. The molecule has 2 fully saturated rings. The Morgan fingerprint density at radius 3 is 2.58 bits per heavy atom. The van der Waals surface area contributed by atoms with Gasteiger partial charge in [0.25, 0.3) is 15.9 Å². The van der Waals surface area contributed by atoms with Crippen molar-refractivity contribution >= 4 is 27.5 Å². The van der Waals surface area contributed by atoms with E-state index in [2.05, 4.69) is 4.98 Å². The Morgan fingerprint density at radius 1 is 1.26 bits per heavy atom. The molecule has 1 N–H and O–H groups in total. The van der Waals surface area contributed by atoms with Gasteiger partial charge >= 0.3 is 0 Å². The fraction of sp³-hybridized carbons (Fsp3) is 0.455. The van der Waals surface area contributed by atoms with Gasteiger partial charge in [-0.05, 0) is 80.7 Å². The molecule has 1 spiro atoms. The summed E-state index contributed by atoms with van der Waals surface area (Å²) in [4.78, 5) is 16.1. The van der Waals surface area contributed by atoms with Crippen LogP contribution in [-0.4, -0.2) is 24.9 Å². The fourth-order valence-electron chi connectivity index (χ4n) is 4.38. The molecule has 2 aliphatic rings. The van der Waals surface area contributed by atoms with Gasteiger partial charge in [0.1, 0.15) is 5.75 Å². The number of benzene rings is 1. The van der Waals surface area contributed by atoms with Crippen molar-refractivity contribution < 1.29 is 22.3 Å². The van der Waals surface area contributed by atoms with Gasteiger partial charge in [0.2, 0.25) is 5.95 Å². The van der Waals surface area contributed by atoms with Crippen LogP contribution in [0.4, 0.5) is 4.39 Å². The molecular formula is C22H24ClFN2O4S. The number of carbonyl (C=O) groups is 1. The second-order valence-electron chi connectivity index (χ2n) is 8.99. The molecule has 0 bridgehead atoms. The maximum Gasteiger partial charge on any atom is 0.281 e. The molecule has 1 aromatic heterocycles. The van der Waals surface area contributed by atoms with Crippen LogP contribution in [0.25, 0.3) is 0 Å². The quantitative estimate of drug-likeness (QED) is 0.629. The molecule has 2 saturated carbocycles. The van der Waals surface area contributed by atoms with Crippen LogP contribution in [0.15, 0.2) is 41.4 Å². The van der Waals surface area contributed by atoms with E-state index in [1.165, 1.54) is 39.2 Å². The third-order valence-electron chi connectivity index (χ3n) is 6.29. The molecule has 9 heteroatoms. The average Bonchev–Trinajstić information content (AvgIpc) is 2.60. The summed E-state index contributed by atoms with van der Waals surface area (Å²) in [5.41, 5.74) is -0.101. The Balaban J connectivity index is 1.52. The van der Waals surface area contributed by atoms with E-state index in [1.807, 2.05) is 10.8 Å². The first-order valence-electron chi connectivity index (χ1n) is 10.2. The first-order valence-corrected chi connectivity index (χ1v) is 12.0. The van der Waals surface area contributed by atoms with E-state index in [-0.39, 0.29) is 0 Å². The van der Waals surface area contributed by atoms with Gasteiger partial charge in [-0.15, -0.1) is 0 Å². The van der Waals surface area contributed by atoms with Crippen molar-refractivity contribution in [3.05, 3.63) is 52.9 Å². The Kier molecular flexibility index (Phi) is 5.50. The standard InChI is InChI=1S/C22H24ClFN2O4S/c1-21(2,20(27)26-31(28,29)19-6-3-5-18(24)25-19)30-17-11-15(23)7-8-16(17)14-12-22(13-14)9-4-10-22/h3,5-8,11,14H,4,9-10,12-13H2,1-2H3,(H,26,27). The molecule has 166 valence electrons. The molecular weight excluding hydrogens is 443 g/mol. The highest BCUT2D eigenvalue weighted by Gasteiger charge is 2.49. The van der Waals surface area contributed by atoms with Gasteiger partial charge in [-0.3, -0.25) is 4.79 Å². The molecule has 0 unspecified atom stereocenters. The average molecular weight is 467 g/mol. The summed E-state index contributed by atoms with van der Waals surface area (Å²) in [7, 11) is -4.35. The first kappa shape index (κ1) is 22.0. The van der Waals surface area contributed by atoms with Gasteiger partial charge in [-0.25, -0.2) is 9.71 Å². The van der Waals surface area contributed by atoms with Gasteiger partial charge in [-0.2, -0.15) is 12.8 Å². The van der Waals surface area contributed by atoms with Crippen LogP contribution in [0.2, 0.25) is 5.02 Å². The summed E-state index contributed by atoms with van der Waals surface area (Å²) < 4.78 is 46.1. The van der Waals surface area contributed by atoms with Crippen LogP contribution in [0.3, 0.4) is 0 Å². The van der Waals surface area contributed by atoms with Crippen LogP contribution < -0.4 is 9.46 Å². The van der Waals surface area contributed by atoms with Crippen LogP contribution in [0, 0.1) is 11.4 Å². The first-order chi connectivity index (χ1) is 14.5. The highest BCUT2D eigenvalue weighted by Crippen LogP contribution is 2.62. The smallest absolute Gasteiger partial charge is 0.281 e. The summed E-state index contributed by atoms with van der Waals surface area (Å²) in [6.45, 7) is 2.94. The fourth-order valence-corrected chi connectivity index (χ4v) is 5.60. The van der Waals surface area contributed by atoms with E-state index in [0.29, 0.717) is 22.1 Å². The summed E-state index contributed by atoms with van der Waals surface area (Å²) in [6.07, 6.45) is 5.95. The van der Waals surface area contributed by atoms with Gasteiger partial charge in [-0.1, -0.05) is 30.2 Å². The molecule has 1 amide bonds. The summed E-state index contributed by atoms with van der Waals surface area (Å²) in [5, 5.41) is -0.121. The van der Waals surface area contributed by atoms with Crippen LogP contribution >= 0.6 is 11.6 Å². The van der Waals surface area contributed by atoms with Crippen LogP contribution in [-0.2, 0) is 14.8 Å². The van der Waals surface area contributed by atoms with Crippen molar-refractivity contribution in [3.8, 4) is 5.75 Å². The molecule has 6 nitrogen and oxygen atoms in total. The monoisotopic (exact) mass is 466 g/mol. The number of halogens is 2. The summed E-state index contributed by atoms with van der Waals surface area (Å²) in [5.74, 6) is -1.06. The highest BCUT2D eigenvalue weighted by molar-refractivity contribution is 7.90. The molecule has 0 radical (unpaired) electrons. The predicted molar refractivity (Wildman–Crippen MR) is 114 cm³/mol. The van der Waals surface area contributed by atoms with Crippen molar-refractivity contribution in [1.29, 1.82) is 0 Å². The maximum absolute atomic E-state index is 13.3. The summed E-state index contributed by atoms with van der Waals surface area (Å²) >= 11 is 6.17. The Bertz CT molecular complexity index is 1120. The number of hydrogen-bond donors (Lipinski definition) is 1. The van der Waals surface area contributed by atoms with Crippen LogP contribution in [0.5, 0.6) is 5.75 Å². The lowest BCUT2D eigenvalue weighted by atomic mass is 9.50. The molecule has 0 saturated heterocycles. The van der Waals surface area contributed by atoms with Crippen molar-refractivity contribution in [2.75, 3.05) is 0 Å². The number of hydrogen-bond acceptors (Lipinski definition) is 5. The number of amides is 1. The third kappa shape index (κ3) is 4.41. The Morgan fingerprint density at radius 2 is 1.97 bits per heavy atom. The number of nitrogens with one attached hydrogen (secondary N) is 1. The third-order valence-corrected chi connectivity index (χ3v) is 7.76. The Labute approximate surface area is 186 Å². The SMILES string of the molecule is CC(C)(Oc1cc(Cl)ccc1C1CC2(CCC2)C1)C(=O)NS(=O)(=O)c1cccc(F)n1. The maximum atomic E-state index is 13.3. The van der Waals surface area contributed by atoms with E-state index in [1.54, 1.807) is 12.1 Å². The van der Waals surface area contributed by atoms with Gasteiger partial charge < -0.3 is 4.74 Å². The number of nitrogens with zero attached hydrogens (tertiary/aromatic N) is 1. The molecule has 2 aromatic rings. The Hall–Kier alpha value is -2.19. The van der Waals surface area contributed by atoms with E-state index in [0.717, 1.165) is 30.5 Å². The second kappa shape index (κ2) is 7.74. The molecule has 0 aliphatic heterocycles. The molecule has 4 rings (SSSR count). The van der Waals surface area contributed by atoms with Crippen molar-refractivity contribution in [3.63, 3.8) is 0 Å². The highest BCUT2D eigenvalue weighted by atomic mass is 35.5. The molecule has 1 aromatic carbocycles. The number of aromatic nitrogens is 1. The number of pyridine rings is 1. The number of sulfonamides is 1. The van der Waals surface area contributed by atoms with Crippen molar-refractivity contribution in [2.24, 2.45) is 5.41 Å². The minimum Gasteiger partial charge on any atom is -0.478 e. The lowest BCUT2D eigenvalue weighted by Crippen LogP contribution is -2.49. The lowest BCUT2D eigenvalue weighted by molar-refractivity contribution is -0.132. The number of ether oxygens (including phenoxy) is 1. The molecule has 2 aliphatic carbocycles. The van der Waals surface area contributed by atoms with Crippen LogP contribution in [0.1, 0.15) is 57.4 Å². The topological polar surface area (TPSA) is 85.4 Å². The largest absolute Gasteiger partial charge is 0.478 e. The zero-order valence-corrected chi connectivity index (χ0v) is 18.9. The van der Waals surface area contributed by atoms with E-state index in [9.17, 15) is 17.6 Å². The number of rotatable bonds is 6. The zero-order chi connectivity index (χ0) is 22.4. The minimum absolute atomic E-state index is 0.326.